The highest BCUT2D eigenvalue weighted by Gasteiger charge is 2.09. The zero-order valence-electron chi connectivity index (χ0n) is 10.1. The molecule has 0 N–H and O–H groups in total. The minimum absolute atomic E-state index is 1.22. The first-order chi connectivity index (χ1) is 9.43. The molecule has 2 heteroatoms. The highest BCUT2D eigenvalue weighted by atomic mass is 32.1. The molecule has 4 rings (SSSR count). The second-order valence-electron chi connectivity index (χ2n) is 4.44. The van der Waals surface area contributed by atoms with E-state index in [0.29, 0.717) is 0 Å². The molecule has 0 aliphatic rings. The summed E-state index contributed by atoms with van der Waals surface area (Å²) in [6.45, 7) is 0. The van der Waals surface area contributed by atoms with Crippen molar-refractivity contribution in [2.45, 2.75) is 0 Å². The Labute approximate surface area is 115 Å². The van der Waals surface area contributed by atoms with Crippen molar-refractivity contribution >= 4 is 31.5 Å². The van der Waals surface area contributed by atoms with Crippen molar-refractivity contribution in [1.82, 2.24) is 4.98 Å². The van der Waals surface area contributed by atoms with Crippen LogP contribution in [0.5, 0.6) is 0 Å². The maximum atomic E-state index is 4.10. The molecule has 2 heterocycles. The molecule has 0 amide bonds. The van der Waals surface area contributed by atoms with Crippen LogP contribution in [0, 0.1) is 6.07 Å². The number of benzene rings is 2. The van der Waals surface area contributed by atoms with Gasteiger partial charge < -0.3 is 0 Å². The van der Waals surface area contributed by atoms with Gasteiger partial charge in [-0.2, -0.15) is 0 Å². The first-order valence-electron chi connectivity index (χ1n) is 6.15. The normalized spacial score (nSPS) is 11.2. The summed E-state index contributed by atoms with van der Waals surface area (Å²) in [5.41, 5.74) is 2.49. The molecule has 2 aromatic heterocycles. The monoisotopic (exact) mass is 260 g/mol. The van der Waals surface area contributed by atoms with E-state index in [1.165, 1.54) is 31.3 Å². The summed E-state index contributed by atoms with van der Waals surface area (Å²) in [5.74, 6) is 0. The fraction of sp³-hybridized carbons (Fsp3) is 0. The fourth-order valence-electron chi connectivity index (χ4n) is 2.49. The van der Waals surface area contributed by atoms with Crippen LogP contribution in [-0.2, 0) is 0 Å². The molecule has 0 fully saturated rings. The Balaban J connectivity index is 2.17. The predicted octanol–water partition coefficient (Wildman–Crippen LogP) is 4.92. The third-order valence-corrected chi connectivity index (χ3v) is 4.45. The van der Waals surface area contributed by atoms with Crippen molar-refractivity contribution in [3.05, 3.63) is 67.0 Å². The topological polar surface area (TPSA) is 12.9 Å². The average molecular weight is 260 g/mol. The van der Waals surface area contributed by atoms with Crippen LogP contribution in [0.3, 0.4) is 0 Å². The van der Waals surface area contributed by atoms with Crippen LogP contribution in [0.1, 0.15) is 0 Å². The van der Waals surface area contributed by atoms with Gasteiger partial charge in [-0.3, -0.25) is 4.98 Å². The summed E-state index contributed by atoms with van der Waals surface area (Å²) in [5, 5.41) is 2.65. The number of thiophene rings is 1. The number of aromatic nitrogens is 1. The van der Waals surface area contributed by atoms with Crippen molar-refractivity contribution in [3.8, 4) is 11.1 Å². The molecule has 2 aromatic carbocycles. The lowest BCUT2D eigenvalue weighted by Crippen LogP contribution is -1.79. The number of fused-ring (bicyclic) bond motifs is 3. The lowest BCUT2D eigenvalue weighted by atomic mass is 10.0. The molecule has 0 unspecified atom stereocenters. The number of rotatable bonds is 1. The van der Waals surface area contributed by atoms with Gasteiger partial charge in [-0.1, -0.05) is 24.3 Å². The molecule has 0 aliphatic carbocycles. The van der Waals surface area contributed by atoms with E-state index >= 15 is 0 Å². The average Bonchev–Trinajstić information content (AvgIpc) is 2.86. The van der Waals surface area contributed by atoms with E-state index in [0.717, 1.165) is 0 Å². The molecule has 1 radical (unpaired) electrons. The molecule has 1 nitrogen and oxygen atoms in total. The standard InChI is InChI=1S/C17H10NS/c1-2-6-15-14(4-1)17-13(5-3-7-16(17)19-15)12-8-10-18-11-9-12/h1,3-11H. The van der Waals surface area contributed by atoms with E-state index in [-0.39, 0.29) is 0 Å². The number of nitrogens with zero attached hydrogens (tertiary/aromatic N) is 1. The van der Waals surface area contributed by atoms with E-state index in [9.17, 15) is 0 Å². The van der Waals surface area contributed by atoms with Crippen LogP contribution in [0.4, 0.5) is 0 Å². The van der Waals surface area contributed by atoms with Crippen LogP contribution >= 0.6 is 11.3 Å². The fourth-order valence-corrected chi connectivity index (χ4v) is 3.60. The first kappa shape index (κ1) is 10.7. The summed E-state index contributed by atoms with van der Waals surface area (Å²) in [4.78, 5) is 4.10. The van der Waals surface area contributed by atoms with E-state index in [1.54, 1.807) is 0 Å². The molecule has 4 aromatic rings. The van der Waals surface area contributed by atoms with Crippen LogP contribution in [0.25, 0.3) is 31.3 Å². The quantitative estimate of drug-likeness (QED) is 0.473. The summed E-state index contributed by atoms with van der Waals surface area (Å²) in [7, 11) is 0. The van der Waals surface area contributed by atoms with E-state index in [4.69, 9.17) is 0 Å². The highest BCUT2D eigenvalue weighted by Crippen LogP contribution is 2.39. The SMILES string of the molecule is [c]1ccc2c(c1)sc1cccc(-c3ccncc3)c12. The van der Waals surface area contributed by atoms with Crippen LogP contribution in [0.15, 0.2) is 60.9 Å². The molecule has 89 valence electrons. The first-order valence-corrected chi connectivity index (χ1v) is 6.97. The molecule has 0 bridgehead atoms. The third kappa shape index (κ3) is 1.65. The molecule has 0 atom stereocenters. The Morgan fingerprint density at radius 3 is 2.74 bits per heavy atom. The van der Waals surface area contributed by atoms with Crippen molar-refractivity contribution in [1.29, 1.82) is 0 Å². The van der Waals surface area contributed by atoms with Gasteiger partial charge in [0.25, 0.3) is 0 Å². The van der Waals surface area contributed by atoms with Gasteiger partial charge in [0.05, 0.1) is 0 Å². The number of hydrogen-bond acceptors (Lipinski definition) is 2. The molecular formula is C17H10NS. The van der Waals surface area contributed by atoms with Crippen LogP contribution in [-0.4, -0.2) is 4.98 Å². The third-order valence-electron chi connectivity index (χ3n) is 3.33. The Morgan fingerprint density at radius 1 is 0.947 bits per heavy atom. The Morgan fingerprint density at radius 2 is 1.84 bits per heavy atom. The Bertz CT molecular complexity index is 862. The molecule has 0 aliphatic heterocycles. The Kier molecular flexibility index (Phi) is 2.35. The maximum Gasteiger partial charge on any atom is 0.0361 e. The molecule has 0 spiro atoms. The molecule has 19 heavy (non-hydrogen) atoms. The van der Waals surface area contributed by atoms with Gasteiger partial charge in [-0.05, 0) is 41.5 Å². The Hall–Kier alpha value is -2.19. The summed E-state index contributed by atoms with van der Waals surface area (Å²) < 4.78 is 2.61. The second kappa shape index (κ2) is 4.18. The molecule has 0 saturated carbocycles. The molecular weight excluding hydrogens is 250 g/mol. The zero-order chi connectivity index (χ0) is 12.7. The van der Waals surface area contributed by atoms with Gasteiger partial charge in [0.15, 0.2) is 0 Å². The van der Waals surface area contributed by atoms with Gasteiger partial charge >= 0.3 is 0 Å². The number of pyridine rings is 1. The van der Waals surface area contributed by atoms with Crippen LogP contribution in [0.2, 0.25) is 0 Å². The van der Waals surface area contributed by atoms with Gasteiger partial charge in [0, 0.05) is 32.6 Å². The summed E-state index contributed by atoms with van der Waals surface area (Å²) in [6.07, 6.45) is 3.69. The second-order valence-corrected chi connectivity index (χ2v) is 5.52. The van der Waals surface area contributed by atoms with Gasteiger partial charge in [-0.25, -0.2) is 0 Å². The van der Waals surface area contributed by atoms with Crippen molar-refractivity contribution in [2.75, 3.05) is 0 Å². The van der Waals surface area contributed by atoms with Gasteiger partial charge in [-0.15, -0.1) is 11.3 Å². The zero-order valence-corrected chi connectivity index (χ0v) is 10.9. The van der Waals surface area contributed by atoms with Gasteiger partial charge in [0.1, 0.15) is 0 Å². The van der Waals surface area contributed by atoms with Gasteiger partial charge in [0.2, 0.25) is 0 Å². The summed E-state index contributed by atoms with van der Waals surface area (Å²) in [6, 6.07) is 20.0. The van der Waals surface area contributed by atoms with E-state index < -0.39 is 0 Å². The predicted molar refractivity (Wildman–Crippen MR) is 81.4 cm³/mol. The minimum atomic E-state index is 1.22. The highest BCUT2D eigenvalue weighted by molar-refractivity contribution is 7.25. The largest absolute Gasteiger partial charge is 0.265 e. The van der Waals surface area contributed by atoms with Crippen molar-refractivity contribution in [3.63, 3.8) is 0 Å². The lowest BCUT2D eigenvalue weighted by molar-refractivity contribution is 1.33. The smallest absolute Gasteiger partial charge is 0.0361 e. The summed E-state index contributed by atoms with van der Waals surface area (Å²) >= 11 is 1.82. The van der Waals surface area contributed by atoms with E-state index in [2.05, 4.69) is 53.5 Å². The lowest BCUT2D eigenvalue weighted by Gasteiger charge is -2.03. The van der Waals surface area contributed by atoms with E-state index in [1.807, 2.05) is 29.8 Å². The maximum absolute atomic E-state index is 4.10. The molecule has 0 saturated heterocycles. The minimum Gasteiger partial charge on any atom is -0.265 e. The van der Waals surface area contributed by atoms with Crippen molar-refractivity contribution < 1.29 is 0 Å². The van der Waals surface area contributed by atoms with Crippen LogP contribution < -0.4 is 0 Å². The number of hydrogen-bond donors (Lipinski definition) is 0. The van der Waals surface area contributed by atoms with Crippen molar-refractivity contribution in [2.24, 2.45) is 0 Å².